The largest absolute Gasteiger partial charge is 0.380 e. The highest BCUT2D eigenvalue weighted by molar-refractivity contribution is 6.16. The van der Waals surface area contributed by atoms with Gasteiger partial charge in [0, 0.05) is 13.3 Å². The van der Waals surface area contributed by atoms with Crippen LogP contribution >= 0.6 is 11.6 Å². The number of imidazole rings is 1. The fourth-order valence-electron chi connectivity index (χ4n) is 1.74. The van der Waals surface area contributed by atoms with E-state index in [1.165, 1.54) is 6.20 Å². The molecule has 2 aromatic heterocycles. The molecule has 18 heavy (non-hydrogen) atoms. The Kier molecular flexibility index (Phi) is 3.80. The van der Waals surface area contributed by atoms with Gasteiger partial charge < -0.3 is 9.30 Å². The van der Waals surface area contributed by atoms with Crippen LogP contribution in [0.3, 0.4) is 0 Å². The van der Waals surface area contributed by atoms with Gasteiger partial charge in [0.25, 0.3) is 0 Å². The van der Waals surface area contributed by atoms with Crippen LogP contribution in [0.25, 0.3) is 11.2 Å². The predicted octanol–water partition coefficient (Wildman–Crippen LogP) is 2.08. The first-order valence-electron chi connectivity index (χ1n) is 5.53. The van der Waals surface area contributed by atoms with Crippen LogP contribution < -0.4 is 0 Å². The van der Waals surface area contributed by atoms with E-state index in [1.54, 1.807) is 13.2 Å². The molecule has 0 aromatic carbocycles. The lowest BCUT2D eigenvalue weighted by Crippen LogP contribution is -2.16. The maximum Gasteiger partial charge on any atom is 0.160 e. The first kappa shape index (κ1) is 12.8. The average molecular weight is 265 g/mol. The van der Waals surface area contributed by atoms with Gasteiger partial charge in [0.15, 0.2) is 5.65 Å². The molecule has 0 saturated carbocycles. The Bertz CT molecular complexity index is 602. The van der Waals surface area contributed by atoms with E-state index < -0.39 is 0 Å². The van der Waals surface area contributed by atoms with Crippen molar-refractivity contribution in [1.82, 2.24) is 14.5 Å². The van der Waals surface area contributed by atoms with Gasteiger partial charge in [-0.25, -0.2) is 9.97 Å². The molecule has 1 atom stereocenters. The Balaban J connectivity index is 2.53. The number of hydrogen-bond donors (Lipinski definition) is 0. The number of fused-ring (bicyclic) bond motifs is 1. The number of rotatable bonds is 4. The maximum atomic E-state index is 8.84. The summed E-state index contributed by atoms with van der Waals surface area (Å²) in [5.74, 6) is 1.03. The fraction of sp³-hybridized carbons (Fsp3) is 0.417. The molecule has 0 aliphatic carbocycles. The SMILES string of the molecule is COC(C)Cn1c(CCl)nc2cc(C#N)cnc21. The van der Waals surface area contributed by atoms with E-state index in [0.29, 0.717) is 23.5 Å². The van der Waals surface area contributed by atoms with Crippen molar-refractivity contribution in [3.05, 3.63) is 23.7 Å². The minimum atomic E-state index is 0.0433. The Labute approximate surface area is 110 Å². The van der Waals surface area contributed by atoms with Crippen LogP contribution in [0.15, 0.2) is 12.3 Å². The molecule has 0 fully saturated rings. The van der Waals surface area contributed by atoms with Crippen molar-refractivity contribution in [2.75, 3.05) is 7.11 Å². The highest BCUT2D eigenvalue weighted by Crippen LogP contribution is 2.17. The molecular weight excluding hydrogens is 252 g/mol. The van der Waals surface area contributed by atoms with E-state index in [0.717, 1.165) is 11.5 Å². The molecule has 0 radical (unpaired) electrons. The Morgan fingerprint density at radius 2 is 2.39 bits per heavy atom. The second-order valence-electron chi connectivity index (χ2n) is 4.00. The topological polar surface area (TPSA) is 63.7 Å². The fourth-order valence-corrected chi connectivity index (χ4v) is 1.95. The number of nitrogens with zero attached hydrogens (tertiary/aromatic N) is 4. The third-order valence-corrected chi connectivity index (χ3v) is 2.99. The first-order chi connectivity index (χ1) is 8.69. The lowest BCUT2D eigenvalue weighted by atomic mass is 10.3. The summed E-state index contributed by atoms with van der Waals surface area (Å²) in [5.41, 5.74) is 1.91. The molecule has 0 bridgehead atoms. The van der Waals surface area contributed by atoms with Crippen molar-refractivity contribution >= 4 is 22.8 Å². The van der Waals surface area contributed by atoms with Gasteiger partial charge >= 0.3 is 0 Å². The number of methoxy groups -OCH3 is 1. The van der Waals surface area contributed by atoms with Crippen molar-refractivity contribution < 1.29 is 4.74 Å². The van der Waals surface area contributed by atoms with E-state index in [4.69, 9.17) is 21.6 Å². The smallest absolute Gasteiger partial charge is 0.160 e. The summed E-state index contributed by atoms with van der Waals surface area (Å²) in [5, 5.41) is 8.84. The van der Waals surface area contributed by atoms with E-state index in [-0.39, 0.29) is 6.10 Å². The number of hydrogen-bond acceptors (Lipinski definition) is 4. The number of halogens is 1. The molecule has 2 rings (SSSR count). The molecule has 5 nitrogen and oxygen atoms in total. The zero-order valence-electron chi connectivity index (χ0n) is 10.2. The molecule has 0 N–H and O–H groups in total. The number of aromatic nitrogens is 3. The van der Waals surface area contributed by atoms with Gasteiger partial charge in [-0.2, -0.15) is 5.26 Å². The Morgan fingerprint density at radius 1 is 1.61 bits per heavy atom. The summed E-state index contributed by atoms with van der Waals surface area (Å²) in [7, 11) is 1.66. The first-order valence-corrected chi connectivity index (χ1v) is 6.07. The molecule has 0 amide bonds. The van der Waals surface area contributed by atoms with Crippen molar-refractivity contribution in [2.24, 2.45) is 0 Å². The molecule has 6 heteroatoms. The standard InChI is InChI=1S/C12H13ClN4O/c1-8(18-2)7-17-11(4-13)16-10-3-9(5-14)6-15-12(10)17/h3,6,8H,4,7H2,1-2H3. The molecule has 0 aliphatic rings. The van der Waals surface area contributed by atoms with Crippen LogP contribution in [0.5, 0.6) is 0 Å². The lowest BCUT2D eigenvalue weighted by Gasteiger charge is -2.12. The second kappa shape index (κ2) is 5.34. The third kappa shape index (κ3) is 2.30. The summed E-state index contributed by atoms with van der Waals surface area (Å²) in [6.45, 7) is 2.60. The van der Waals surface area contributed by atoms with Gasteiger partial charge in [0.05, 0.1) is 24.1 Å². The number of alkyl halides is 1. The van der Waals surface area contributed by atoms with Crippen molar-refractivity contribution in [3.8, 4) is 6.07 Å². The summed E-state index contributed by atoms with van der Waals surface area (Å²) in [6, 6.07) is 3.76. The van der Waals surface area contributed by atoms with Crippen molar-refractivity contribution in [3.63, 3.8) is 0 Å². The Morgan fingerprint density at radius 3 is 3.00 bits per heavy atom. The Hall–Kier alpha value is -1.64. The van der Waals surface area contributed by atoms with Gasteiger partial charge in [0.1, 0.15) is 17.4 Å². The molecule has 94 valence electrons. The van der Waals surface area contributed by atoms with Gasteiger partial charge in [-0.05, 0) is 13.0 Å². The molecule has 1 unspecified atom stereocenters. The second-order valence-corrected chi connectivity index (χ2v) is 4.26. The van der Waals surface area contributed by atoms with Gasteiger partial charge in [-0.3, -0.25) is 0 Å². The summed E-state index contributed by atoms with van der Waals surface area (Å²) >= 11 is 5.89. The van der Waals surface area contributed by atoms with Crippen LogP contribution in [0, 0.1) is 11.3 Å². The maximum absolute atomic E-state index is 8.84. The predicted molar refractivity (Wildman–Crippen MR) is 68.3 cm³/mol. The van der Waals surface area contributed by atoms with E-state index in [1.807, 2.05) is 17.6 Å². The normalized spacial score (nSPS) is 12.6. The highest BCUT2D eigenvalue weighted by atomic mass is 35.5. The summed E-state index contributed by atoms with van der Waals surface area (Å²) in [6.07, 6.45) is 1.58. The number of ether oxygens (including phenoxy) is 1. The summed E-state index contributed by atoms with van der Waals surface area (Å²) < 4.78 is 7.17. The van der Waals surface area contributed by atoms with E-state index in [9.17, 15) is 0 Å². The number of pyridine rings is 1. The van der Waals surface area contributed by atoms with Crippen LogP contribution in [-0.4, -0.2) is 27.7 Å². The van der Waals surface area contributed by atoms with E-state index >= 15 is 0 Å². The lowest BCUT2D eigenvalue weighted by molar-refractivity contribution is 0.103. The third-order valence-electron chi connectivity index (χ3n) is 2.75. The molecule has 0 saturated heterocycles. The molecule has 0 aliphatic heterocycles. The molecule has 2 heterocycles. The van der Waals surface area contributed by atoms with Crippen LogP contribution in [0.2, 0.25) is 0 Å². The van der Waals surface area contributed by atoms with Gasteiger partial charge in [-0.1, -0.05) is 0 Å². The van der Waals surface area contributed by atoms with Crippen molar-refractivity contribution in [1.29, 1.82) is 5.26 Å². The zero-order chi connectivity index (χ0) is 13.1. The average Bonchev–Trinajstić information content (AvgIpc) is 2.75. The van der Waals surface area contributed by atoms with E-state index in [2.05, 4.69) is 9.97 Å². The minimum Gasteiger partial charge on any atom is -0.380 e. The van der Waals surface area contributed by atoms with Gasteiger partial charge in [-0.15, -0.1) is 11.6 Å². The van der Waals surface area contributed by atoms with Gasteiger partial charge in [0.2, 0.25) is 0 Å². The quantitative estimate of drug-likeness (QED) is 0.793. The monoisotopic (exact) mass is 264 g/mol. The van der Waals surface area contributed by atoms with Crippen LogP contribution in [0.1, 0.15) is 18.3 Å². The minimum absolute atomic E-state index is 0.0433. The van der Waals surface area contributed by atoms with Crippen molar-refractivity contribution in [2.45, 2.75) is 25.5 Å². The van der Waals surface area contributed by atoms with Crippen LogP contribution in [-0.2, 0) is 17.2 Å². The highest BCUT2D eigenvalue weighted by Gasteiger charge is 2.14. The number of nitriles is 1. The van der Waals surface area contributed by atoms with Crippen LogP contribution in [0.4, 0.5) is 0 Å². The molecular formula is C12H13ClN4O. The zero-order valence-corrected chi connectivity index (χ0v) is 11.0. The molecule has 0 spiro atoms. The summed E-state index contributed by atoms with van der Waals surface area (Å²) in [4.78, 5) is 8.66. The molecule has 2 aromatic rings.